The average Bonchev–Trinajstić information content (AvgIpc) is 3.26. The average molecular weight is 480 g/mol. The fourth-order valence-electron chi connectivity index (χ4n) is 4.18. The summed E-state index contributed by atoms with van der Waals surface area (Å²) in [7, 11) is 0. The van der Waals surface area contributed by atoms with Crippen molar-refractivity contribution in [2.24, 2.45) is 10.4 Å². The summed E-state index contributed by atoms with van der Waals surface area (Å²) in [6.45, 7) is 7.14. The molecule has 0 saturated carbocycles. The van der Waals surface area contributed by atoms with Crippen LogP contribution >= 0.6 is 0 Å². The number of dihydropyridines is 1. The number of alkyl halides is 2. The molecule has 1 atom stereocenters. The fraction of sp³-hybridized carbons (Fsp3) is 0.407. The van der Waals surface area contributed by atoms with E-state index in [4.69, 9.17) is 4.99 Å². The van der Waals surface area contributed by atoms with Gasteiger partial charge in [0.25, 0.3) is 0 Å². The van der Waals surface area contributed by atoms with E-state index >= 15 is 0 Å². The molecule has 0 aliphatic carbocycles. The van der Waals surface area contributed by atoms with Gasteiger partial charge in [0, 0.05) is 67.0 Å². The lowest BCUT2D eigenvalue weighted by Crippen LogP contribution is -2.24. The highest BCUT2D eigenvalue weighted by Gasteiger charge is 2.28. The van der Waals surface area contributed by atoms with Crippen LogP contribution < -0.4 is 5.32 Å². The molecule has 0 radical (unpaired) electrons. The summed E-state index contributed by atoms with van der Waals surface area (Å²) < 4.78 is 30.0. The van der Waals surface area contributed by atoms with E-state index in [-0.39, 0.29) is 37.1 Å². The van der Waals surface area contributed by atoms with Gasteiger partial charge in [0.15, 0.2) is 0 Å². The fourth-order valence-corrected chi connectivity index (χ4v) is 4.18. The summed E-state index contributed by atoms with van der Waals surface area (Å²) in [5.74, 6) is -2.67. The Balaban J connectivity index is 1.48. The number of carbonyl (C=O) groups excluding carboxylic acids is 1. The predicted octanol–water partition coefficient (Wildman–Crippen LogP) is 5.27. The van der Waals surface area contributed by atoms with E-state index in [0.29, 0.717) is 13.0 Å². The zero-order valence-electron chi connectivity index (χ0n) is 20.3. The monoisotopic (exact) mass is 479 g/mol. The molecule has 6 nitrogen and oxygen atoms in total. The largest absolute Gasteiger partial charge is 0.358 e. The summed E-state index contributed by atoms with van der Waals surface area (Å²) in [6.07, 6.45) is 11.5. The lowest BCUT2D eigenvalue weighted by atomic mass is 9.86. The van der Waals surface area contributed by atoms with E-state index in [2.05, 4.69) is 54.3 Å². The Labute approximate surface area is 204 Å². The molecule has 1 unspecified atom stereocenters. The molecule has 0 aromatic carbocycles. The number of aliphatic imine (C=N–C) groups is 1. The van der Waals surface area contributed by atoms with Gasteiger partial charge >= 0.3 is 0 Å². The Morgan fingerprint density at radius 2 is 2.00 bits per heavy atom. The van der Waals surface area contributed by atoms with Gasteiger partial charge in [-0.1, -0.05) is 26.8 Å². The maximum atomic E-state index is 14.0. The van der Waals surface area contributed by atoms with Crippen LogP contribution in [0, 0.1) is 5.41 Å². The van der Waals surface area contributed by atoms with Crippen LogP contribution in [0.25, 0.3) is 16.7 Å². The quantitative estimate of drug-likeness (QED) is 0.336. The van der Waals surface area contributed by atoms with Crippen LogP contribution in [-0.4, -0.2) is 45.7 Å². The van der Waals surface area contributed by atoms with Crippen molar-refractivity contribution < 1.29 is 13.6 Å². The molecule has 1 aliphatic heterocycles. The van der Waals surface area contributed by atoms with Gasteiger partial charge in [-0.2, -0.15) is 0 Å². The lowest BCUT2D eigenvalue weighted by Gasteiger charge is -2.24. The van der Waals surface area contributed by atoms with Crippen LogP contribution in [0.1, 0.15) is 50.7 Å². The molecule has 4 rings (SSSR count). The second-order valence-corrected chi connectivity index (χ2v) is 10.0. The normalized spacial score (nSPS) is 16.4. The summed E-state index contributed by atoms with van der Waals surface area (Å²) in [5, 5.41) is 3.17. The summed E-state index contributed by atoms with van der Waals surface area (Å²) in [4.78, 5) is 24.1. The van der Waals surface area contributed by atoms with E-state index in [1.54, 1.807) is 12.4 Å². The number of hydrogen-bond acceptors (Lipinski definition) is 4. The zero-order chi connectivity index (χ0) is 25.1. The molecule has 4 heterocycles. The molecule has 8 heteroatoms. The number of pyridine rings is 2. The van der Waals surface area contributed by atoms with Crippen molar-refractivity contribution in [1.82, 2.24) is 19.9 Å². The van der Waals surface area contributed by atoms with Gasteiger partial charge in [0.05, 0.1) is 11.9 Å². The van der Waals surface area contributed by atoms with E-state index < -0.39 is 5.92 Å². The number of nitrogens with zero attached hydrogens (tertiary/aromatic N) is 4. The molecule has 3 aromatic rings. The molecule has 1 amide bonds. The summed E-state index contributed by atoms with van der Waals surface area (Å²) >= 11 is 0. The van der Waals surface area contributed by atoms with Gasteiger partial charge in [-0.15, -0.1) is 0 Å². The highest BCUT2D eigenvalue weighted by atomic mass is 19.3. The maximum absolute atomic E-state index is 14.0. The maximum Gasteiger partial charge on any atom is 0.250 e. The summed E-state index contributed by atoms with van der Waals surface area (Å²) in [6, 6.07) is 5.94. The molecule has 1 aliphatic rings. The number of aromatic nitrogens is 3. The van der Waals surface area contributed by atoms with Crippen molar-refractivity contribution in [3.05, 3.63) is 66.3 Å². The van der Waals surface area contributed by atoms with E-state index in [0.717, 1.165) is 33.6 Å². The Morgan fingerprint density at radius 3 is 2.71 bits per heavy atom. The molecular weight excluding hydrogens is 448 g/mol. The second-order valence-electron chi connectivity index (χ2n) is 10.0. The summed E-state index contributed by atoms with van der Waals surface area (Å²) in [5.41, 5.74) is 4.61. The molecule has 3 aromatic heterocycles. The van der Waals surface area contributed by atoms with Crippen molar-refractivity contribution >= 4 is 23.2 Å². The third-order valence-corrected chi connectivity index (χ3v) is 6.25. The minimum atomic E-state index is -2.84. The predicted molar refractivity (Wildman–Crippen MR) is 134 cm³/mol. The van der Waals surface area contributed by atoms with Gasteiger partial charge in [0.1, 0.15) is 5.65 Å². The first kappa shape index (κ1) is 24.7. The van der Waals surface area contributed by atoms with E-state index in [1.807, 2.05) is 29.1 Å². The van der Waals surface area contributed by atoms with Crippen LogP contribution in [0.5, 0.6) is 0 Å². The number of aryl methyl sites for hydroxylation is 1. The minimum absolute atomic E-state index is 0.0274. The number of carbonyl (C=O) groups is 1. The van der Waals surface area contributed by atoms with Crippen molar-refractivity contribution in [3.8, 4) is 5.69 Å². The molecule has 0 bridgehead atoms. The molecular formula is C27H31F2N5O. The smallest absolute Gasteiger partial charge is 0.250 e. The van der Waals surface area contributed by atoms with E-state index in [1.165, 1.54) is 0 Å². The van der Waals surface area contributed by atoms with Crippen LogP contribution in [0.4, 0.5) is 8.78 Å². The second kappa shape index (κ2) is 10.1. The Morgan fingerprint density at radius 1 is 1.17 bits per heavy atom. The van der Waals surface area contributed by atoms with Crippen LogP contribution in [0.2, 0.25) is 0 Å². The van der Waals surface area contributed by atoms with Gasteiger partial charge in [-0.3, -0.25) is 19.3 Å². The first-order valence-electron chi connectivity index (χ1n) is 11.9. The third-order valence-electron chi connectivity index (χ3n) is 6.25. The zero-order valence-corrected chi connectivity index (χ0v) is 20.3. The van der Waals surface area contributed by atoms with Crippen LogP contribution in [-0.2, 0) is 11.2 Å². The van der Waals surface area contributed by atoms with Crippen LogP contribution in [0.3, 0.4) is 0 Å². The number of allylic oxidation sites excluding steroid dienone is 1. The first-order valence-corrected chi connectivity index (χ1v) is 11.9. The molecule has 0 fully saturated rings. The Bertz CT molecular complexity index is 1260. The molecule has 0 spiro atoms. The van der Waals surface area contributed by atoms with Crippen molar-refractivity contribution in [1.29, 1.82) is 0 Å². The first-order chi connectivity index (χ1) is 16.7. The van der Waals surface area contributed by atoms with Crippen molar-refractivity contribution in [2.75, 3.05) is 13.1 Å². The van der Waals surface area contributed by atoms with Gasteiger partial charge < -0.3 is 5.32 Å². The highest BCUT2D eigenvalue weighted by Crippen LogP contribution is 2.29. The SMILES string of the molecule is CC(C)(C)C1=NCC(c2cncc(-n3ccc4cc(CCC(F)(F)CCNC=O)cnc43)c2)C=C1. The molecule has 1 N–H and O–H groups in total. The number of halogens is 2. The minimum Gasteiger partial charge on any atom is -0.358 e. The lowest BCUT2D eigenvalue weighted by molar-refractivity contribution is -0.109. The van der Waals surface area contributed by atoms with Gasteiger partial charge in [-0.05, 0) is 41.8 Å². The molecule has 35 heavy (non-hydrogen) atoms. The van der Waals surface area contributed by atoms with Crippen molar-refractivity contribution in [2.45, 2.75) is 51.9 Å². The topological polar surface area (TPSA) is 72.2 Å². The molecule has 0 saturated heterocycles. The van der Waals surface area contributed by atoms with Gasteiger partial charge in [0.2, 0.25) is 12.3 Å². The van der Waals surface area contributed by atoms with E-state index in [9.17, 15) is 13.6 Å². The van der Waals surface area contributed by atoms with Crippen molar-refractivity contribution in [3.63, 3.8) is 0 Å². The highest BCUT2D eigenvalue weighted by molar-refractivity contribution is 5.99. The Hall–Kier alpha value is -3.42. The third kappa shape index (κ3) is 5.99. The Kier molecular flexibility index (Phi) is 7.10. The standard InChI is InChI=1S/C27H31F2N5O/c1-26(2,3)24-5-4-21(16-32-24)22-13-23(17-31-15-22)34-11-7-20-12-19(14-33-25(20)34)6-8-27(28,29)9-10-30-18-35/h4-5,7,11-15,17-18,21H,6,8-10,16H2,1-3H3,(H,30,35). The number of rotatable bonds is 9. The number of hydrogen-bond donors (Lipinski definition) is 1. The van der Waals surface area contributed by atoms with Crippen LogP contribution in [0.15, 0.2) is 60.1 Å². The number of nitrogens with one attached hydrogen (secondary N) is 1. The van der Waals surface area contributed by atoms with Gasteiger partial charge in [-0.25, -0.2) is 13.8 Å². The molecule has 184 valence electrons. The number of fused-ring (bicyclic) bond motifs is 1. The number of amides is 1.